The average molecular weight is 387 g/mol. The van der Waals surface area contributed by atoms with Crippen molar-refractivity contribution in [2.75, 3.05) is 11.9 Å². The number of halogens is 2. The van der Waals surface area contributed by atoms with Crippen LogP contribution in [0, 0.1) is 13.8 Å². The Hall–Kier alpha value is -1.60. The van der Waals surface area contributed by atoms with Gasteiger partial charge in [-0.15, -0.1) is 0 Å². The fourth-order valence-corrected chi connectivity index (χ4v) is 3.67. The van der Waals surface area contributed by atoms with Gasteiger partial charge in [0.25, 0.3) is 0 Å². The van der Waals surface area contributed by atoms with Gasteiger partial charge in [-0.3, -0.25) is 4.79 Å². The van der Waals surface area contributed by atoms with Crippen molar-refractivity contribution in [1.82, 2.24) is 4.72 Å². The van der Waals surface area contributed by atoms with E-state index in [4.69, 9.17) is 23.2 Å². The average Bonchev–Trinajstić information content (AvgIpc) is 2.51. The molecule has 0 saturated carbocycles. The first-order valence-corrected chi connectivity index (χ1v) is 9.25. The van der Waals surface area contributed by atoms with Gasteiger partial charge in [0.2, 0.25) is 15.9 Å². The molecule has 0 aromatic heterocycles. The first-order valence-electron chi connectivity index (χ1n) is 7.01. The molecule has 0 aliphatic heterocycles. The lowest BCUT2D eigenvalue weighted by Gasteiger charge is -2.11. The van der Waals surface area contributed by atoms with E-state index in [2.05, 4.69) is 10.0 Å². The third-order valence-corrected chi connectivity index (χ3v) is 5.37. The van der Waals surface area contributed by atoms with Gasteiger partial charge in [0, 0.05) is 5.02 Å². The summed E-state index contributed by atoms with van der Waals surface area (Å²) in [5, 5.41) is 3.24. The van der Waals surface area contributed by atoms with E-state index in [-0.39, 0.29) is 4.90 Å². The molecule has 0 fully saturated rings. The Morgan fingerprint density at radius 2 is 1.79 bits per heavy atom. The van der Waals surface area contributed by atoms with Gasteiger partial charge in [0.1, 0.15) is 0 Å². The minimum Gasteiger partial charge on any atom is -0.324 e. The van der Waals surface area contributed by atoms with E-state index in [1.807, 2.05) is 6.07 Å². The fourth-order valence-electron chi connectivity index (χ4n) is 2.02. The number of aryl methyl sites for hydroxylation is 2. The van der Waals surface area contributed by atoms with E-state index in [0.717, 1.165) is 5.56 Å². The Balaban J connectivity index is 2.08. The molecule has 128 valence electrons. The molecule has 0 saturated heterocycles. The van der Waals surface area contributed by atoms with Gasteiger partial charge in [0.05, 0.1) is 22.2 Å². The van der Waals surface area contributed by atoms with Crippen molar-refractivity contribution in [3.8, 4) is 0 Å². The number of nitrogens with one attached hydrogen (secondary N) is 2. The van der Waals surface area contributed by atoms with Crippen molar-refractivity contribution < 1.29 is 13.2 Å². The van der Waals surface area contributed by atoms with Crippen molar-refractivity contribution in [3.63, 3.8) is 0 Å². The van der Waals surface area contributed by atoms with E-state index in [0.29, 0.717) is 21.3 Å². The Labute approximate surface area is 151 Å². The second kappa shape index (κ2) is 7.53. The minimum absolute atomic E-state index is 0.149. The Morgan fingerprint density at radius 3 is 2.50 bits per heavy atom. The topological polar surface area (TPSA) is 75.3 Å². The van der Waals surface area contributed by atoms with E-state index < -0.39 is 22.5 Å². The molecule has 0 radical (unpaired) electrons. The summed E-state index contributed by atoms with van der Waals surface area (Å²) in [4.78, 5) is 12.1. The van der Waals surface area contributed by atoms with Crippen molar-refractivity contribution in [3.05, 3.63) is 57.6 Å². The van der Waals surface area contributed by atoms with Crippen LogP contribution in [-0.2, 0) is 14.8 Å². The van der Waals surface area contributed by atoms with Crippen molar-refractivity contribution in [2.45, 2.75) is 18.7 Å². The zero-order valence-corrected chi connectivity index (χ0v) is 15.4. The predicted octanol–water partition coefficient (Wildman–Crippen LogP) is 3.53. The number of sulfonamides is 1. The van der Waals surface area contributed by atoms with Crippen molar-refractivity contribution >= 4 is 44.8 Å². The second-order valence-corrected chi connectivity index (χ2v) is 7.84. The lowest BCUT2D eigenvalue weighted by Crippen LogP contribution is -2.33. The summed E-state index contributed by atoms with van der Waals surface area (Å²) in [6, 6.07) is 9.71. The van der Waals surface area contributed by atoms with Crippen LogP contribution in [0.1, 0.15) is 11.1 Å². The highest BCUT2D eigenvalue weighted by Crippen LogP contribution is 2.25. The molecule has 0 aliphatic carbocycles. The number of carbonyl (C=O) groups excluding carboxylic acids is 1. The largest absolute Gasteiger partial charge is 0.324 e. The summed E-state index contributed by atoms with van der Waals surface area (Å²) in [6.45, 7) is 3.07. The third kappa shape index (κ3) is 4.70. The Kier molecular flexibility index (Phi) is 5.87. The predicted molar refractivity (Wildman–Crippen MR) is 96.2 cm³/mol. The number of hydrogen-bond acceptors (Lipinski definition) is 3. The van der Waals surface area contributed by atoms with Gasteiger partial charge in [-0.2, -0.15) is 0 Å². The summed E-state index contributed by atoms with van der Waals surface area (Å²) in [5.41, 5.74) is 1.74. The van der Waals surface area contributed by atoms with Gasteiger partial charge in [-0.1, -0.05) is 35.3 Å². The molecule has 0 heterocycles. The highest BCUT2D eigenvalue weighted by Gasteiger charge is 2.18. The van der Waals surface area contributed by atoms with Crippen LogP contribution < -0.4 is 10.0 Å². The van der Waals surface area contributed by atoms with Gasteiger partial charge >= 0.3 is 0 Å². The Morgan fingerprint density at radius 1 is 1.08 bits per heavy atom. The molecule has 2 rings (SSSR count). The number of hydrogen-bond donors (Lipinski definition) is 2. The number of amides is 1. The number of rotatable bonds is 5. The second-order valence-electron chi connectivity index (χ2n) is 5.27. The van der Waals surface area contributed by atoms with Crippen LogP contribution in [-0.4, -0.2) is 20.9 Å². The molecule has 5 nitrogen and oxygen atoms in total. The Bertz CT molecular complexity index is 883. The lowest BCUT2D eigenvalue weighted by molar-refractivity contribution is -0.115. The van der Waals surface area contributed by atoms with Crippen LogP contribution in [0.4, 0.5) is 5.69 Å². The van der Waals surface area contributed by atoms with Gasteiger partial charge in [-0.25, -0.2) is 13.1 Å². The van der Waals surface area contributed by atoms with Crippen molar-refractivity contribution in [2.24, 2.45) is 0 Å². The van der Waals surface area contributed by atoms with E-state index in [1.165, 1.54) is 6.07 Å². The van der Waals surface area contributed by atoms with E-state index in [9.17, 15) is 13.2 Å². The molecule has 0 bridgehead atoms. The molecule has 0 unspecified atom stereocenters. The van der Waals surface area contributed by atoms with Gasteiger partial charge in [0.15, 0.2) is 0 Å². The standard InChI is InChI=1S/C16H16Cl2N2O3S/c1-10-3-4-11(2)15(7-10)24(22,23)19-9-16(21)20-14-8-12(17)5-6-13(14)18/h3-8,19H,9H2,1-2H3,(H,20,21). The maximum absolute atomic E-state index is 12.3. The molecule has 1 amide bonds. The zero-order valence-electron chi connectivity index (χ0n) is 13.1. The van der Waals surface area contributed by atoms with E-state index in [1.54, 1.807) is 38.1 Å². The van der Waals surface area contributed by atoms with Crippen LogP contribution in [0.2, 0.25) is 10.0 Å². The van der Waals surface area contributed by atoms with Gasteiger partial charge < -0.3 is 5.32 Å². The summed E-state index contributed by atoms with van der Waals surface area (Å²) in [7, 11) is -3.79. The zero-order chi connectivity index (χ0) is 17.9. The summed E-state index contributed by atoms with van der Waals surface area (Å²) < 4.78 is 27.0. The number of benzene rings is 2. The van der Waals surface area contributed by atoms with Crippen molar-refractivity contribution in [1.29, 1.82) is 0 Å². The summed E-state index contributed by atoms with van der Waals surface area (Å²) in [5.74, 6) is -0.548. The minimum atomic E-state index is -3.79. The number of carbonyl (C=O) groups is 1. The van der Waals surface area contributed by atoms with Gasteiger partial charge in [-0.05, 0) is 49.2 Å². The first-order chi connectivity index (χ1) is 11.2. The highest BCUT2D eigenvalue weighted by molar-refractivity contribution is 7.89. The van der Waals surface area contributed by atoms with Crippen LogP contribution in [0.25, 0.3) is 0 Å². The molecule has 2 N–H and O–H groups in total. The van der Waals surface area contributed by atoms with Crippen LogP contribution >= 0.6 is 23.2 Å². The summed E-state index contributed by atoms with van der Waals surface area (Å²) >= 11 is 11.8. The molecular weight excluding hydrogens is 371 g/mol. The quantitative estimate of drug-likeness (QED) is 0.824. The monoisotopic (exact) mass is 386 g/mol. The molecule has 2 aromatic carbocycles. The normalized spacial score (nSPS) is 11.3. The summed E-state index contributed by atoms with van der Waals surface area (Å²) in [6.07, 6.45) is 0. The number of anilines is 1. The molecule has 8 heteroatoms. The van der Waals surface area contributed by atoms with Crippen LogP contribution in [0.3, 0.4) is 0 Å². The van der Waals surface area contributed by atoms with E-state index >= 15 is 0 Å². The first kappa shape index (κ1) is 18.7. The molecular formula is C16H16Cl2N2O3S. The molecule has 0 atom stereocenters. The SMILES string of the molecule is Cc1ccc(C)c(S(=O)(=O)NCC(=O)Nc2cc(Cl)ccc2Cl)c1. The maximum atomic E-state index is 12.3. The fraction of sp³-hybridized carbons (Fsp3) is 0.188. The third-order valence-electron chi connectivity index (χ3n) is 3.26. The molecule has 24 heavy (non-hydrogen) atoms. The smallest absolute Gasteiger partial charge is 0.241 e. The van der Waals surface area contributed by atoms with Crippen LogP contribution in [0.15, 0.2) is 41.3 Å². The molecule has 0 spiro atoms. The lowest BCUT2D eigenvalue weighted by atomic mass is 10.2. The maximum Gasteiger partial charge on any atom is 0.241 e. The molecule has 2 aromatic rings. The van der Waals surface area contributed by atoms with Crippen LogP contribution in [0.5, 0.6) is 0 Å². The molecule has 0 aliphatic rings. The highest BCUT2D eigenvalue weighted by atomic mass is 35.5.